The molecule has 1 saturated heterocycles. The van der Waals surface area contributed by atoms with Gasteiger partial charge in [0.15, 0.2) is 5.03 Å². The summed E-state index contributed by atoms with van der Waals surface area (Å²) >= 11 is 0. The van der Waals surface area contributed by atoms with Crippen LogP contribution in [-0.2, 0) is 17.1 Å². The van der Waals surface area contributed by atoms with Crippen molar-refractivity contribution in [2.24, 2.45) is 7.05 Å². The van der Waals surface area contributed by atoms with Gasteiger partial charge in [-0.2, -0.15) is 4.31 Å². The zero-order chi connectivity index (χ0) is 14.0. The Kier molecular flexibility index (Phi) is 4.27. The minimum Gasteiger partial charge on any atom is -0.337 e. The Labute approximate surface area is 114 Å². The molecule has 1 aliphatic rings. The second kappa shape index (κ2) is 5.60. The van der Waals surface area contributed by atoms with E-state index in [1.54, 1.807) is 22.0 Å². The van der Waals surface area contributed by atoms with Crippen molar-refractivity contribution in [3.8, 4) is 0 Å². The van der Waals surface area contributed by atoms with Crippen molar-refractivity contribution in [2.75, 3.05) is 19.6 Å². The van der Waals surface area contributed by atoms with Crippen molar-refractivity contribution in [1.82, 2.24) is 19.2 Å². The molecule has 6 nitrogen and oxygen atoms in total. The fourth-order valence-electron chi connectivity index (χ4n) is 2.38. The highest BCUT2D eigenvalue weighted by Gasteiger charge is 2.34. The number of nitrogens with one attached hydrogen (secondary N) is 1. The first-order valence-electron chi connectivity index (χ1n) is 6.69. The summed E-state index contributed by atoms with van der Waals surface area (Å²) in [7, 11) is -1.68. The van der Waals surface area contributed by atoms with Gasteiger partial charge in [-0.25, -0.2) is 13.4 Å². The van der Waals surface area contributed by atoms with Crippen molar-refractivity contribution in [2.45, 2.75) is 37.8 Å². The van der Waals surface area contributed by atoms with Crippen LogP contribution in [0.1, 0.15) is 25.6 Å². The third-order valence-corrected chi connectivity index (χ3v) is 5.37. The Morgan fingerprint density at radius 3 is 2.79 bits per heavy atom. The van der Waals surface area contributed by atoms with Crippen LogP contribution in [0.4, 0.5) is 0 Å². The molecule has 1 N–H and O–H groups in total. The van der Waals surface area contributed by atoms with E-state index >= 15 is 0 Å². The topological polar surface area (TPSA) is 67.2 Å². The molecular weight excluding hydrogens is 264 g/mol. The van der Waals surface area contributed by atoms with Crippen molar-refractivity contribution in [1.29, 1.82) is 0 Å². The van der Waals surface area contributed by atoms with Crippen LogP contribution in [-0.4, -0.2) is 48.0 Å². The summed E-state index contributed by atoms with van der Waals surface area (Å²) in [6.45, 7) is 5.95. The maximum atomic E-state index is 12.7. The molecule has 1 aromatic rings. The minimum absolute atomic E-state index is 0.0484. The van der Waals surface area contributed by atoms with E-state index < -0.39 is 10.0 Å². The highest BCUT2D eigenvalue weighted by molar-refractivity contribution is 7.89. The summed E-state index contributed by atoms with van der Waals surface area (Å²) in [6, 6.07) is 0.0484. The van der Waals surface area contributed by atoms with Crippen LogP contribution >= 0.6 is 0 Å². The third-order valence-electron chi connectivity index (χ3n) is 3.55. The number of aromatic nitrogens is 2. The van der Waals surface area contributed by atoms with Gasteiger partial charge in [0.05, 0.1) is 0 Å². The lowest BCUT2D eigenvalue weighted by Gasteiger charge is -2.26. The van der Waals surface area contributed by atoms with Gasteiger partial charge in [0, 0.05) is 32.4 Å². The van der Waals surface area contributed by atoms with Crippen LogP contribution < -0.4 is 5.32 Å². The second-order valence-corrected chi connectivity index (χ2v) is 6.84. The summed E-state index contributed by atoms with van der Waals surface area (Å²) in [5, 5.41) is 3.38. The van der Waals surface area contributed by atoms with Gasteiger partial charge in [-0.15, -0.1) is 0 Å². The van der Waals surface area contributed by atoms with Crippen molar-refractivity contribution >= 4 is 10.0 Å². The maximum absolute atomic E-state index is 12.7. The van der Waals surface area contributed by atoms with Crippen molar-refractivity contribution < 1.29 is 8.42 Å². The van der Waals surface area contributed by atoms with Crippen LogP contribution in [0.25, 0.3) is 0 Å². The van der Waals surface area contributed by atoms with E-state index in [2.05, 4.69) is 10.3 Å². The molecule has 1 aromatic heterocycles. The van der Waals surface area contributed by atoms with Gasteiger partial charge in [0.2, 0.25) is 0 Å². The molecule has 7 heteroatoms. The summed E-state index contributed by atoms with van der Waals surface area (Å²) < 4.78 is 28.7. The smallest absolute Gasteiger partial charge is 0.262 e. The Hall–Kier alpha value is -0.920. The van der Waals surface area contributed by atoms with Crippen LogP contribution in [0.2, 0.25) is 0 Å². The summed E-state index contributed by atoms with van der Waals surface area (Å²) in [6.07, 6.45) is 3.27. The maximum Gasteiger partial charge on any atom is 0.262 e. The van der Waals surface area contributed by atoms with E-state index in [0.29, 0.717) is 12.4 Å². The average Bonchev–Trinajstić information content (AvgIpc) is 2.97. The molecule has 108 valence electrons. The van der Waals surface area contributed by atoms with E-state index in [1.807, 2.05) is 14.0 Å². The Morgan fingerprint density at radius 2 is 2.32 bits per heavy atom. The van der Waals surface area contributed by atoms with Gasteiger partial charge >= 0.3 is 0 Å². The molecule has 1 aliphatic heterocycles. The molecule has 0 spiro atoms. The summed E-state index contributed by atoms with van der Waals surface area (Å²) in [5.74, 6) is 0.708. The highest BCUT2D eigenvalue weighted by atomic mass is 32.2. The Balaban J connectivity index is 2.33. The van der Waals surface area contributed by atoms with Gasteiger partial charge in [-0.05, 0) is 26.3 Å². The molecular formula is C12H22N4O2S. The third kappa shape index (κ3) is 2.82. The molecule has 1 unspecified atom stereocenters. The number of hydrogen-bond acceptors (Lipinski definition) is 4. The number of aryl methyl sites for hydroxylation is 2. The first-order valence-corrected chi connectivity index (χ1v) is 8.13. The summed E-state index contributed by atoms with van der Waals surface area (Å²) in [4.78, 5) is 4.17. The van der Waals surface area contributed by atoms with Crippen molar-refractivity contribution in [3.05, 3.63) is 12.0 Å². The Morgan fingerprint density at radius 1 is 1.58 bits per heavy atom. The molecule has 0 aliphatic carbocycles. The molecule has 1 atom stereocenters. The molecule has 19 heavy (non-hydrogen) atoms. The van der Waals surface area contributed by atoms with Crippen LogP contribution in [0.5, 0.6) is 0 Å². The minimum atomic E-state index is -3.49. The largest absolute Gasteiger partial charge is 0.337 e. The predicted molar refractivity (Wildman–Crippen MR) is 73.4 cm³/mol. The van der Waals surface area contributed by atoms with E-state index in [4.69, 9.17) is 0 Å². The van der Waals surface area contributed by atoms with Crippen LogP contribution in [0.3, 0.4) is 0 Å². The van der Waals surface area contributed by atoms with Gasteiger partial charge in [-0.3, -0.25) is 0 Å². The van der Waals surface area contributed by atoms with Gasteiger partial charge in [-0.1, -0.05) is 6.92 Å². The number of hydrogen-bond donors (Lipinski definition) is 1. The molecule has 2 heterocycles. The van der Waals surface area contributed by atoms with E-state index in [9.17, 15) is 8.42 Å². The van der Waals surface area contributed by atoms with Gasteiger partial charge in [0.25, 0.3) is 10.0 Å². The predicted octanol–water partition coefficient (Wildman–Crippen LogP) is 0.491. The monoisotopic (exact) mass is 286 g/mol. The standard InChI is InChI=1S/C12H22N4O2S/c1-4-7-16(11-5-6-13-8-11)19(17,18)12-9-15(3)10(2)14-12/h9,11,13H,4-8H2,1-3H3. The van der Waals surface area contributed by atoms with E-state index in [0.717, 1.165) is 25.9 Å². The number of nitrogens with zero attached hydrogens (tertiary/aromatic N) is 3. The average molecular weight is 286 g/mol. The molecule has 0 amide bonds. The second-order valence-electron chi connectivity index (χ2n) is 5.00. The fraction of sp³-hybridized carbons (Fsp3) is 0.750. The lowest BCUT2D eigenvalue weighted by Crippen LogP contribution is -2.42. The lowest BCUT2D eigenvalue weighted by atomic mass is 10.2. The highest BCUT2D eigenvalue weighted by Crippen LogP contribution is 2.20. The molecule has 0 bridgehead atoms. The lowest BCUT2D eigenvalue weighted by molar-refractivity contribution is 0.334. The Bertz CT molecular complexity index is 512. The van der Waals surface area contributed by atoms with E-state index in [-0.39, 0.29) is 11.1 Å². The van der Waals surface area contributed by atoms with E-state index in [1.165, 1.54) is 0 Å². The molecule has 0 saturated carbocycles. The fourth-order valence-corrected chi connectivity index (χ4v) is 4.15. The first kappa shape index (κ1) is 14.5. The molecule has 0 radical (unpaired) electrons. The molecule has 2 rings (SSSR count). The quantitative estimate of drug-likeness (QED) is 0.855. The zero-order valence-electron chi connectivity index (χ0n) is 11.8. The molecule has 0 aromatic carbocycles. The zero-order valence-corrected chi connectivity index (χ0v) is 12.6. The van der Waals surface area contributed by atoms with Crippen molar-refractivity contribution in [3.63, 3.8) is 0 Å². The number of imidazole rings is 1. The van der Waals surface area contributed by atoms with Crippen LogP contribution in [0.15, 0.2) is 11.2 Å². The summed E-state index contributed by atoms with van der Waals surface area (Å²) in [5.41, 5.74) is 0. The van der Waals surface area contributed by atoms with Gasteiger partial charge in [0.1, 0.15) is 5.82 Å². The van der Waals surface area contributed by atoms with Crippen LogP contribution in [0, 0.1) is 6.92 Å². The number of sulfonamides is 1. The first-order chi connectivity index (χ1) is 8.96. The molecule has 1 fully saturated rings. The van der Waals surface area contributed by atoms with Gasteiger partial charge < -0.3 is 9.88 Å². The SMILES string of the molecule is CCCN(C1CCNC1)S(=O)(=O)c1cn(C)c(C)n1. The normalized spacial score (nSPS) is 20.3. The number of rotatable bonds is 5.